The Morgan fingerprint density at radius 1 is 1.41 bits per heavy atom. The second-order valence-corrected chi connectivity index (χ2v) is 7.62. The summed E-state index contributed by atoms with van der Waals surface area (Å²) in [6.45, 7) is 5.12. The molecule has 1 aliphatic heterocycles. The van der Waals surface area contributed by atoms with Gasteiger partial charge in [0.2, 0.25) is 10.0 Å². The third-order valence-electron chi connectivity index (χ3n) is 3.52. The molecule has 5 nitrogen and oxygen atoms in total. The molecule has 1 aromatic carbocycles. The molecule has 0 aliphatic carbocycles. The lowest BCUT2D eigenvalue weighted by molar-refractivity contribution is 0.0789. The first-order chi connectivity index (χ1) is 10.5. The first-order valence-electron chi connectivity index (χ1n) is 7.07. The van der Waals surface area contributed by atoms with Crippen LogP contribution in [0.5, 0.6) is 0 Å². The van der Waals surface area contributed by atoms with Gasteiger partial charge in [-0.25, -0.2) is 13.1 Å². The van der Waals surface area contributed by atoms with E-state index in [9.17, 15) is 13.2 Å². The van der Waals surface area contributed by atoms with Crippen molar-refractivity contribution in [2.24, 2.45) is 0 Å². The van der Waals surface area contributed by atoms with E-state index in [0.717, 1.165) is 30.8 Å². The molecule has 1 aliphatic rings. The molecule has 7 heteroatoms. The van der Waals surface area contributed by atoms with Crippen molar-refractivity contribution in [1.82, 2.24) is 9.62 Å². The van der Waals surface area contributed by atoms with E-state index < -0.39 is 10.0 Å². The Kier molecular flexibility index (Phi) is 5.66. The van der Waals surface area contributed by atoms with Crippen molar-refractivity contribution in [2.75, 3.05) is 25.9 Å². The number of sulfonamides is 1. The van der Waals surface area contributed by atoms with E-state index in [-0.39, 0.29) is 17.3 Å². The number of thioether (sulfide) groups is 1. The molecule has 0 aromatic heterocycles. The molecule has 0 unspecified atom stereocenters. The molecule has 1 aromatic rings. The largest absolute Gasteiger partial charge is 0.339 e. The Balaban J connectivity index is 2.37. The van der Waals surface area contributed by atoms with E-state index in [4.69, 9.17) is 0 Å². The summed E-state index contributed by atoms with van der Waals surface area (Å²) in [4.78, 5) is 15.3. The van der Waals surface area contributed by atoms with Crippen molar-refractivity contribution >= 4 is 27.7 Å². The minimum absolute atomic E-state index is 0.0948. The van der Waals surface area contributed by atoms with Gasteiger partial charge >= 0.3 is 0 Å². The van der Waals surface area contributed by atoms with Gasteiger partial charge in [0.25, 0.3) is 5.91 Å². The number of nitrogens with one attached hydrogen (secondary N) is 1. The number of hydrogen-bond acceptors (Lipinski definition) is 4. The summed E-state index contributed by atoms with van der Waals surface area (Å²) in [6.07, 6.45) is 5.35. The van der Waals surface area contributed by atoms with E-state index >= 15 is 0 Å². The van der Waals surface area contributed by atoms with Gasteiger partial charge in [-0.05, 0) is 37.3 Å². The maximum Gasteiger partial charge on any atom is 0.255 e. The number of amides is 1. The van der Waals surface area contributed by atoms with Crippen LogP contribution in [0, 0.1) is 0 Å². The SMILES string of the molecule is C=CCNS(=O)(=O)c1ccc(SC)c(C(=O)N2CCCC2)c1. The van der Waals surface area contributed by atoms with Crippen molar-refractivity contribution in [3.8, 4) is 0 Å². The van der Waals surface area contributed by atoms with Gasteiger partial charge in [-0.1, -0.05) is 6.08 Å². The quantitative estimate of drug-likeness (QED) is 0.636. The van der Waals surface area contributed by atoms with Crippen LogP contribution in [0.4, 0.5) is 0 Å². The predicted molar refractivity (Wildman–Crippen MR) is 88.7 cm³/mol. The van der Waals surface area contributed by atoms with E-state index in [1.165, 1.54) is 30.0 Å². The number of rotatable bonds is 6. The molecule has 120 valence electrons. The zero-order valence-electron chi connectivity index (χ0n) is 12.5. The first-order valence-corrected chi connectivity index (χ1v) is 9.78. The highest BCUT2D eigenvalue weighted by molar-refractivity contribution is 7.98. The third kappa shape index (κ3) is 3.71. The molecule has 1 heterocycles. The highest BCUT2D eigenvalue weighted by Gasteiger charge is 2.24. The van der Waals surface area contributed by atoms with Crippen LogP contribution in [0.3, 0.4) is 0 Å². The number of hydrogen-bond donors (Lipinski definition) is 1. The van der Waals surface area contributed by atoms with Gasteiger partial charge in [0, 0.05) is 24.5 Å². The first kappa shape index (κ1) is 17.1. The summed E-state index contributed by atoms with van der Waals surface area (Å²) in [5.74, 6) is -0.0948. The van der Waals surface area contributed by atoms with Gasteiger partial charge in [-0.15, -0.1) is 18.3 Å². The van der Waals surface area contributed by atoms with E-state index in [1.807, 2.05) is 6.26 Å². The smallest absolute Gasteiger partial charge is 0.255 e. The minimum Gasteiger partial charge on any atom is -0.339 e. The Hall–Kier alpha value is -1.31. The summed E-state index contributed by atoms with van der Waals surface area (Å²) in [5.41, 5.74) is 0.455. The average Bonchev–Trinajstić information content (AvgIpc) is 3.06. The molecular weight excluding hydrogens is 320 g/mol. The lowest BCUT2D eigenvalue weighted by atomic mass is 10.2. The highest BCUT2D eigenvalue weighted by Crippen LogP contribution is 2.26. The molecule has 2 rings (SSSR count). The monoisotopic (exact) mass is 340 g/mol. The van der Waals surface area contributed by atoms with Crippen molar-refractivity contribution in [3.63, 3.8) is 0 Å². The fraction of sp³-hybridized carbons (Fsp3) is 0.400. The van der Waals surface area contributed by atoms with Crippen LogP contribution in [0.25, 0.3) is 0 Å². The van der Waals surface area contributed by atoms with Crippen LogP contribution in [0.2, 0.25) is 0 Å². The molecular formula is C15H20N2O3S2. The summed E-state index contributed by atoms with van der Waals surface area (Å²) in [5, 5.41) is 0. The summed E-state index contributed by atoms with van der Waals surface area (Å²) in [7, 11) is -3.63. The molecule has 1 N–H and O–H groups in total. The Morgan fingerprint density at radius 3 is 2.68 bits per heavy atom. The topological polar surface area (TPSA) is 66.5 Å². The molecule has 0 radical (unpaired) electrons. The van der Waals surface area contributed by atoms with Crippen LogP contribution >= 0.6 is 11.8 Å². The molecule has 22 heavy (non-hydrogen) atoms. The molecule has 1 fully saturated rings. The zero-order valence-corrected chi connectivity index (χ0v) is 14.2. The van der Waals surface area contributed by atoms with Crippen LogP contribution < -0.4 is 4.72 Å². The van der Waals surface area contributed by atoms with Gasteiger partial charge in [-0.2, -0.15) is 0 Å². The van der Waals surface area contributed by atoms with Crippen LogP contribution in [0.1, 0.15) is 23.2 Å². The van der Waals surface area contributed by atoms with Crippen molar-refractivity contribution in [1.29, 1.82) is 0 Å². The maximum absolute atomic E-state index is 12.6. The maximum atomic E-state index is 12.6. The number of benzene rings is 1. The van der Waals surface area contributed by atoms with Crippen LogP contribution in [-0.2, 0) is 10.0 Å². The second kappa shape index (κ2) is 7.30. The minimum atomic E-state index is -3.63. The van der Waals surface area contributed by atoms with Gasteiger partial charge < -0.3 is 4.90 Å². The molecule has 0 bridgehead atoms. The summed E-state index contributed by atoms with van der Waals surface area (Å²) >= 11 is 1.44. The third-order valence-corrected chi connectivity index (χ3v) is 5.74. The predicted octanol–water partition coefficient (Wildman–Crippen LogP) is 2.11. The van der Waals surface area contributed by atoms with Crippen molar-refractivity contribution < 1.29 is 13.2 Å². The Labute approximate surface area is 135 Å². The summed E-state index contributed by atoms with van der Waals surface area (Å²) < 4.78 is 26.8. The molecule has 0 spiro atoms. The van der Waals surface area contributed by atoms with Gasteiger partial charge in [0.05, 0.1) is 10.5 Å². The fourth-order valence-electron chi connectivity index (χ4n) is 2.36. The lowest BCUT2D eigenvalue weighted by Gasteiger charge is -2.18. The van der Waals surface area contributed by atoms with Gasteiger partial charge in [0.15, 0.2) is 0 Å². The van der Waals surface area contributed by atoms with Gasteiger partial charge in [-0.3, -0.25) is 4.79 Å². The summed E-state index contributed by atoms with van der Waals surface area (Å²) in [6, 6.07) is 4.69. The molecule has 1 saturated heterocycles. The molecule has 0 saturated carbocycles. The number of carbonyl (C=O) groups excluding carboxylic acids is 1. The average molecular weight is 340 g/mol. The van der Waals surface area contributed by atoms with E-state index in [0.29, 0.717) is 5.56 Å². The Bertz CT molecular complexity index is 665. The molecule has 0 atom stereocenters. The zero-order chi connectivity index (χ0) is 16.2. The highest BCUT2D eigenvalue weighted by atomic mass is 32.2. The van der Waals surface area contributed by atoms with Gasteiger partial charge in [0.1, 0.15) is 0 Å². The molecule has 1 amide bonds. The van der Waals surface area contributed by atoms with Crippen molar-refractivity contribution in [3.05, 3.63) is 36.4 Å². The second-order valence-electron chi connectivity index (χ2n) is 5.00. The van der Waals surface area contributed by atoms with Crippen LogP contribution in [0.15, 0.2) is 40.6 Å². The number of carbonyl (C=O) groups is 1. The van der Waals surface area contributed by atoms with Crippen LogP contribution in [-0.4, -0.2) is 45.1 Å². The van der Waals surface area contributed by atoms with Crippen molar-refractivity contribution in [2.45, 2.75) is 22.6 Å². The fourth-order valence-corrected chi connectivity index (χ4v) is 3.96. The Morgan fingerprint density at radius 2 is 2.09 bits per heavy atom. The van der Waals surface area contributed by atoms with E-state index in [2.05, 4.69) is 11.3 Å². The normalized spacial score (nSPS) is 15.0. The standard InChI is InChI=1S/C15H20N2O3S2/c1-3-8-16-22(19,20)12-6-7-14(21-2)13(11-12)15(18)17-9-4-5-10-17/h3,6-7,11,16H,1,4-5,8-10H2,2H3. The van der Waals surface area contributed by atoms with E-state index in [1.54, 1.807) is 11.0 Å². The number of nitrogens with zero attached hydrogens (tertiary/aromatic N) is 1. The number of likely N-dealkylation sites (tertiary alicyclic amines) is 1. The lowest BCUT2D eigenvalue weighted by Crippen LogP contribution is -2.29.